The number of hydrogen-bond acceptors (Lipinski definition) is 7. The van der Waals surface area contributed by atoms with E-state index in [1.54, 1.807) is 39.4 Å². The molecule has 0 atom stereocenters. The normalized spacial score (nSPS) is 12.4. The number of fused-ring (bicyclic) bond motifs is 1. The van der Waals surface area contributed by atoms with Crippen molar-refractivity contribution >= 4 is 34.0 Å². The Hall–Kier alpha value is -2.55. The molecule has 8 nitrogen and oxygen atoms in total. The molecule has 1 aromatic carbocycles. The molecule has 28 heavy (non-hydrogen) atoms. The van der Waals surface area contributed by atoms with Crippen molar-refractivity contribution in [3.8, 4) is 11.5 Å². The van der Waals surface area contributed by atoms with Crippen LogP contribution in [0.2, 0.25) is 5.15 Å². The third kappa shape index (κ3) is 6.26. The molecule has 152 valence electrons. The number of aromatic nitrogens is 1. The summed E-state index contributed by atoms with van der Waals surface area (Å²) in [5, 5.41) is 1.76. The number of nitrogens with two attached hydrogens (primary N) is 2. The molecule has 4 N–H and O–H groups in total. The van der Waals surface area contributed by atoms with E-state index in [1.165, 1.54) is 0 Å². The summed E-state index contributed by atoms with van der Waals surface area (Å²) in [5.74, 6) is 1.70. The molecule has 0 spiro atoms. The van der Waals surface area contributed by atoms with E-state index in [4.69, 9.17) is 42.0 Å². The first kappa shape index (κ1) is 21.7. The van der Waals surface area contributed by atoms with E-state index < -0.39 is 0 Å². The average Bonchev–Trinajstić information content (AvgIpc) is 2.62. The summed E-state index contributed by atoms with van der Waals surface area (Å²) in [5.41, 5.74) is 12.0. The number of nitrogens with zero attached hydrogens (tertiary/aromatic N) is 2. The minimum Gasteiger partial charge on any atom is -0.487 e. The van der Waals surface area contributed by atoms with Gasteiger partial charge in [-0.15, -0.1) is 0 Å². The molecule has 9 heteroatoms. The standard InChI is InChI=1S/C19H25ClN4O4/c1-12(21)8-17(22)23-18-10-13-9-15(27-6-4-25-2)16(28-7-5-26-3)11-14(13)19(20)24-18/h8-11H,4-7,21H2,1-3H3,(H2,22,23,24)/b12-8-. The molecular formula is C19H25ClN4O4. The van der Waals surface area contributed by atoms with Gasteiger partial charge in [-0.05, 0) is 36.6 Å². The van der Waals surface area contributed by atoms with Gasteiger partial charge >= 0.3 is 0 Å². The molecule has 2 rings (SSSR count). The predicted molar refractivity (Wildman–Crippen MR) is 111 cm³/mol. The van der Waals surface area contributed by atoms with Crippen molar-refractivity contribution in [3.05, 3.63) is 35.1 Å². The SMILES string of the molecule is COCCOc1cc2cc(/N=C(N)\C=C(\C)N)nc(Cl)c2cc1OCCOC. The molecule has 0 aliphatic heterocycles. The third-order valence-electron chi connectivity index (χ3n) is 3.54. The molecule has 0 fully saturated rings. The number of aliphatic imine (C=N–C) groups is 1. The molecule has 1 heterocycles. The number of pyridine rings is 1. The second-order valence-electron chi connectivity index (χ2n) is 5.90. The summed E-state index contributed by atoms with van der Waals surface area (Å²) in [6.07, 6.45) is 1.55. The zero-order valence-corrected chi connectivity index (χ0v) is 17.0. The van der Waals surface area contributed by atoms with Gasteiger partial charge in [-0.2, -0.15) is 0 Å². The van der Waals surface area contributed by atoms with Gasteiger partial charge in [0.25, 0.3) is 0 Å². The van der Waals surface area contributed by atoms with Crippen molar-refractivity contribution in [2.24, 2.45) is 16.5 Å². The highest BCUT2D eigenvalue weighted by atomic mass is 35.5. The Morgan fingerprint density at radius 2 is 1.64 bits per heavy atom. The zero-order valence-electron chi connectivity index (χ0n) is 16.2. The minimum absolute atomic E-state index is 0.235. The number of methoxy groups -OCH3 is 2. The van der Waals surface area contributed by atoms with Crippen LogP contribution in [0.3, 0.4) is 0 Å². The predicted octanol–water partition coefficient (Wildman–Crippen LogP) is 2.79. The summed E-state index contributed by atoms with van der Waals surface area (Å²) in [6.45, 7) is 3.36. The molecule has 2 aromatic rings. The molecule has 1 aromatic heterocycles. The van der Waals surface area contributed by atoms with Gasteiger partial charge in [0, 0.05) is 25.3 Å². The van der Waals surface area contributed by atoms with Crippen LogP contribution in [0.15, 0.2) is 35.0 Å². The fourth-order valence-corrected chi connectivity index (χ4v) is 2.61. The number of hydrogen-bond donors (Lipinski definition) is 2. The van der Waals surface area contributed by atoms with Crippen LogP contribution >= 0.6 is 11.6 Å². The van der Waals surface area contributed by atoms with Gasteiger partial charge in [-0.25, -0.2) is 9.98 Å². The van der Waals surface area contributed by atoms with E-state index in [0.717, 1.165) is 5.39 Å². The van der Waals surface area contributed by atoms with Crippen LogP contribution in [0.5, 0.6) is 11.5 Å². The van der Waals surface area contributed by atoms with Gasteiger partial charge in [-0.3, -0.25) is 0 Å². The lowest BCUT2D eigenvalue weighted by molar-refractivity contribution is 0.132. The fraction of sp³-hybridized carbons (Fsp3) is 0.368. The fourth-order valence-electron chi connectivity index (χ4n) is 2.36. The van der Waals surface area contributed by atoms with Crippen molar-refractivity contribution in [1.82, 2.24) is 4.98 Å². The maximum absolute atomic E-state index is 6.36. The van der Waals surface area contributed by atoms with E-state index in [1.807, 2.05) is 6.07 Å². The van der Waals surface area contributed by atoms with E-state index >= 15 is 0 Å². The first-order valence-corrected chi connectivity index (χ1v) is 8.98. The molecule has 0 aliphatic carbocycles. The smallest absolute Gasteiger partial charge is 0.162 e. The lowest BCUT2D eigenvalue weighted by Gasteiger charge is -2.14. The topological polar surface area (TPSA) is 114 Å². The summed E-state index contributed by atoms with van der Waals surface area (Å²) >= 11 is 6.36. The maximum atomic E-state index is 6.36. The van der Waals surface area contributed by atoms with E-state index in [-0.39, 0.29) is 11.0 Å². The summed E-state index contributed by atoms with van der Waals surface area (Å²) in [7, 11) is 3.22. The van der Waals surface area contributed by atoms with Gasteiger partial charge in [0.05, 0.1) is 13.2 Å². The Bertz CT molecular complexity index is 867. The van der Waals surface area contributed by atoms with Crippen molar-refractivity contribution in [1.29, 1.82) is 0 Å². The van der Waals surface area contributed by atoms with Crippen LogP contribution in [0.1, 0.15) is 6.92 Å². The van der Waals surface area contributed by atoms with Crippen molar-refractivity contribution in [3.63, 3.8) is 0 Å². The van der Waals surface area contributed by atoms with E-state index in [9.17, 15) is 0 Å². The van der Waals surface area contributed by atoms with Crippen LogP contribution in [0, 0.1) is 0 Å². The van der Waals surface area contributed by atoms with Crippen molar-refractivity contribution in [2.75, 3.05) is 40.6 Å². The molecule has 0 saturated heterocycles. The second-order valence-corrected chi connectivity index (χ2v) is 6.26. The number of rotatable bonds is 10. The van der Waals surface area contributed by atoms with Crippen LogP contribution in [0.4, 0.5) is 5.82 Å². The Labute approximate surface area is 169 Å². The van der Waals surface area contributed by atoms with Gasteiger partial charge in [-0.1, -0.05) is 11.6 Å². The average molecular weight is 409 g/mol. The van der Waals surface area contributed by atoms with Gasteiger partial charge < -0.3 is 30.4 Å². The number of amidine groups is 1. The molecule has 0 bridgehead atoms. The number of benzene rings is 1. The van der Waals surface area contributed by atoms with Gasteiger partial charge in [0.15, 0.2) is 17.3 Å². The molecule has 0 amide bonds. The van der Waals surface area contributed by atoms with Crippen molar-refractivity contribution in [2.45, 2.75) is 6.92 Å². The van der Waals surface area contributed by atoms with Crippen molar-refractivity contribution < 1.29 is 18.9 Å². The van der Waals surface area contributed by atoms with E-state index in [0.29, 0.717) is 54.8 Å². The third-order valence-corrected chi connectivity index (χ3v) is 3.83. The minimum atomic E-state index is 0.235. The Balaban J connectivity index is 2.45. The van der Waals surface area contributed by atoms with Gasteiger partial charge in [0.2, 0.25) is 0 Å². The Kier molecular flexibility index (Phi) is 8.31. The van der Waals surface area contributed by atoms with Crippen LogP contribution in [-0.4, -0.2) is 51.5 Å². The molecule has 0 saturated carbocycles. The maximum Gasteiger partial charge on any atom is 0.162 e. The summed E-state index contributed by atoms with van der Waals surface area (Å²) in [4.78, 5) is 8.51. The Morgan fingerprint density at radius 3 is 2.21 bits per heavy atom. The molecule has 0 aliphatic rings. The van der Waals surface area contributed by atoms with Crippen LogP contribution in [0.25, 0.3) is 10.8 Å². The monoisotopic (exact) mass is 408 g/mol. The highest BCUT2D eigenvalue weighted by Crippen LogP contribution is 2.36. The highest BCUT2D eigenvalue weighted by Gasteiger charge is 2.12. The highest BCUT2D eigenvalue weighted by molar-refractivity contribution is 6.34. The van der Waals surface area contributed by atoms with Crippen LogP contribution < -0.4 is 20.9 Å². The zero-order chi connectivity index (χ0) is 20.5. The summed E-state index contributed by atoms with van der Waals surface area (Å²) in [6, 6.07) is 5.36. The second kappa shape index (κ2) is 10.7. The molecule has 0 unspecified atom stereocenters. The Morgan fingerprint density at radius 1 is 1.04 bits per heavy atom. The van der Waals surface area contributed by atoms with Crippen LogP contribution in [-0.2, 0) is 9.47 Å². The number of halogens is 1. The number of allylic oxidation sites excluding steroid dienone is 1. The quantitative estimate of drug-likeness (QED) is 0.269. The lowest BCUT2D eigenvalue weighted by Crippen LogP contribution is -2.10. The number of ether oxygens (including phenoxy) is 4. The van der Waals surface area contributed by atoms with Gasteiger partial charge in [0.1, 0.15) is 24.2 Å². The van der Waals surface area contributed by atoms with E-state index in [2.05, 4.69) is 9.98 Å². The largest absolute Gasteiger partial charge is 0.487 e. The molecular weight excluding hydrogens is 384 g/mol. The molecule has 0 radical (unpaired) electrons. The first-order valence-electron chi connectivity index (χ1n) is 8.60. The lowest BCUT2D eigenvalue weighted by atomic mass is 10.1. The summed E-state index contributed by atoms with van der Waals surface area (Å²) < 4.78 is 21.6. The first-order chi connectivity index (χ1) is 13.4.